The monoisotopic (exact) mass is 268 g/mol. The van der Waals surface area contributed by atoms with Crippen LogP contribution in [0.5, 0.6) is 0 Å². The minimum atomic E-state index is 0.370. The average Bonchev–Trinajstić information content (AvgIpc) is 2.28. The van der Waals surface area contributed by atoms with Crippen LogP contribution in [-0.2, 0) is 0 Å². The largest absolute Gasteiger partial charge is 0.0827 e. The fraction of sp³-hybridized carbons (Fsp3) is 0.333. The highest BCUT2D eigenvalue weighted by atomic mass is 35.5. The normalized spacial score (nSPS) is 20.6. The van der Waals surface area contributed by atoms with E-state index in [1.807, 2.05) is 12.1 Å². The quantitative estimate of drug-likeness (QED) is 0.561. The lowest BCUT2D eigenvalue weighted by molar-refractivity contribution is 0.364. The molecule has 2 heteroatoms. The molecule has 17 heavy (non-hydrogen) atoms. The second-order valence-corrected chi connectivity index (χ2v) is 5.58. The van der Waals surface area contributed by atoms with E-state index >= 15 is 0 Å². The van der Waals surface area contributed by atoms with Gasteiger partial charge in [-0.15, -0.1) is 0 Å². The first kappa shape index (κ1) is 14.3. The molecule has 0 amide bonds. The first-order valence-corrected chi connectivity index (χ1v) is 6.45. The maximum Gasteiger partial charge on any atom is 0.0592 e. The summed E-state index contributed by atoms with van der Waals surface area (Å²) in [6.07, 6.45) is 8.76. The molecular formula is C15H18Cl2. The van der Waals surface area contributed by atoms with Gasteiger partial charge in [0.15, 0.2) is 0 Å². The van der Waals surface area contributed by atoms with Gasteiger partial charge in [-0.1, -0.05) is 80.4 Å². The van der Waals surface area contributed by atoms with Gasteiger partial charge in [-0.3, -0.25) is 0 Å². The molecule has 1 aliphatic rings. The third kappa shape index (κ3) is 4.57. The minimum Gasteiger partial charge on any atom is -0.0827 e. The molecule has 0 bridgehead atoms. The molecule has 1 aromatic rings. The fourth-order valence-corrected chi connectivity index (χ4v) is 1.64. The van der Waals surface area contributed by atoms with Gasteiger partial charge < -0.3 is 0 Å². The van der Waals surface area contributed by atoms with Crippen molar-refractivity contribution in [2.75, 3.05) is 0 Å². The summed E-state index contributed by atoms with van der Waals surface area (Å²) in [6, 6.07) is 7.19. The highest BCUT2D eigenvalue weighted by molar-refractivity contribution is 6.41. The molecule has 1 unspecified atom stereocenters. The molecule has 92 valence electrons. The maximum atomic E-state index is 5.58. The third-order valence-electron chi connectivity index (χ3n) is 3.03. The molecule has 0 saturated carbocycles. The van der Waals surface area contributed by atoms with Crippen molar-refractivity contribution in [3.63, 3.8) is 0 Å². The minimum absolute atomic E-state index is 0.370. The van der Waals surface area contributed by atoms with Gasteiger partial charge in [0.2, 0.25) is 0 Å². The number of allylic oxidation sites excluding steroid dienone is 4. The zero-order chi connectivity index (χ0) is 12.9. The van der Waals surface area contributed by atoms with Crippen molar-refractivity contribution in [3.8, 4) is 0 Å². The maximum absolute atomic E-state index is 5.58. The van der Waals surface area contributed by atoms with Crippen LogP contribution in [0.25, 0.3) is 0 Å². The molecule has 0 radical (unpaired) electrons. The standard InChI is InChI=1S/C9H14.C6H4Cl2/c1-8-6-4-5-7-9(8,2)3;7-5-3-1-2-4-6(5)8/h4-8H,1-3H3;1-4H. The molecule has 0 saturated heterocycles. The number of hydrogen-bond acceptors (Lipinski definition) is 0. The summed E-state index contributed by atoms with van der Waals surface area (Å²) in [4.78, 5) is 0. The summed E-state index contributed by atoms with van der Waals surface area (Å²) in [5.41, 5.74) is 0.370. The third-order valence-corrected chi connectivity index (χ3v) is 3.79. The zero-order valence-electron chi connectivity index (χ0n) is 10.5. The Morgan fingerprint density at radius 3 is 1.82 bits per heavy atom. The summed E-state index contributed by atoms with van der Waals surface area (Å²) < 4.78 is 0. The van der Waals surface area contributed by atoms with Gasteiger partial charge >= 0.3 is 0 Å². The molecule has 1 aromatic carbocycles. The first-order valence-electron chi connectivity index (χ1n) is 5.69. The molecule has 0 N–H and O–H groups in total. The van der Waals surface area contributed by atoms with E-state index in [1.54, 1.807) is 12.1 Å². The predicted octanol–water partition coefficient (Wildman–Crippen LogP) is 5.77. The predicted molar refractivity (Wildman–Crippen MR) is 77.7 cm³/mol. The van der Waals surface area contributed by atoms with Gasteiger partial charge in [0, 0.05) is 0 Å². The van der Waals surface area contributed by atoms with Crippen LogP contribution in [0.2, 0.25) is 10.0 Å². The van der Waals surface area contributed by atoms with Crippen molar-refractivity contribution in [2.45, 2.75) is 20.8 Å². The number of hydrogen-bond donors (Lipinski definition) is 0. The Labute approximate surface area is 114 Å². The Kier molecular flexibility index (Phi) is 5.30. The van der Waals surface area contributed by atoms with Crippen LogP contribution < -0.4 is 0 Å². The van der Waals surface area contributed by atoms with E-state index in [2.05, 4.69) is 45.1 Å². The highest BCUT2D eigenvalue weighted by Gasteiger charge is 2.21. The van der Waals surface area contributed by atoms with E-state index in [9.17, 15) is 0 Å². The van der Waals surface area contributed by atoms with Crippen molar-refractivity contribution < 1.29 is 0 Å². The van der Waals surface area contributed by atoms with Crippen molar-refractivity contribution in [1.82, 2.24) is 0 Å². The fourth-order valence-electron chi connectivity index (χ4n) is 1.37. The van der Waals surface area contributed by atoms with Crippen LogP contribution in [0.3, 0.4) is 0 Å². The Bertz CT molecular complexity index is 396. The summed E-state index contributed by atoms with van der Waals surface area (Å²) in [5.74, 6) is 0.683. The van der Waals surface area contributed by atoms with E-state index < -0.39 is 0 Å². The molecule has 1 atom stereocenters. The second-order valence-electron chi connectivity index (χ2n) is 4.77. The second kappa shape index (κ2) is 6.28. The lowest BCUT2D eigenvalue weighted by atomic mass is 9.77. The molecule has 2 rings (SSSR count). The van der Waals surface area contributed by atoms with E-state index in [0.717, 1.165) is 0 Å². The Hall–Kier alpha value is -0.720. The molecule has 0 fully saturated rings. The average molecular weight is 269 g/mol. The van der Waals surface area contributed by atoms with E-state index in [1.165, 1.54) is 0 Å². The Morgan fingerprint density at radius 2 is 1.53 bits per heavy atom. The van der Waals surface area contributed by atoms with E-state index in [-0.39, 0.29) is 0 Å². The summed E-state index contributed by atoms with van der Waals surface area (Å²) in [7, 11) is 0. The molecule has 0 heterocycles. The lowest BCUT2D eigenvalue weighted by Gasteiger charge is -2.27. The van der Waals surface area contributed by atoms with Crippen molar-refractivity contribution in [3.05, 3.63) is 58.6 Å². The van der Waals surface area contributed by atoms with Crippen LogP contribution >= 0.6 is 23.2 Å². The number of benzene rings is 1. The Morgan fingerprint density at radius 1 is 1.00 bits per heavy atom. The van der Waals surface area contributed by atoms with Gasteiger partial charge in [-0.05, 0) is 23.5 Å². The van der Waals surface area contributed by atoms with Crippen LogP contribution in [0.1, 0.15) is 20.8 Å². The first-order chi connectivity index (χ1) is 7.93. The van der Waals surface area contributed by atoms with Crippen LogP contribution in [0.15, 0.2) is 48.6 Å². The lowest BCUT2D eigenvalue weighted by Crippen LogP contribution is -2.18. The summed E-state index contributed by atoms with van der Waals surface area (Å²) in [5, 5.41) is 1.21. The zero-order valence-corrected chi connectivity index (χ0v) is 12.0. The summed E-state index contributed by atoms with van der Waals surface area (Å²) in [6.45, 7) is 6.77. The van der Waals surface area contributed by atoms with Gasteiger partial charge in [0.25, 0.3) is 0 Å². The number of halogens is 2. The van der Waals surface area contributed by atoms with E-state index in [4.69, 9.17) is 23.2 Å². The smallest absolute Gasteiger partial charge is 0.0592 e. The molecule has 0 spiro atoms. The van der Waals surface area contributed by atoms with Crippen molar-refractivity contribution in [1.29, 1.82) is 0 Å². The van der Waals surface area contributed by atoms with E-state index in [0.29, 0.717) is 21.4 Å². The SMILES string of the molecule is CC1C=CC=CC1(C)C.Clc1ccccc1Cl. The van der Waals surface area contributed by atoms with Gasteiger partial charge in [0.1, 0.15) is 0 Å². The van der Waals surface area contributed by atoms with Crippen LogP contribution in [0, 0.1) is 11.3 Å². The topological polar surface area (TPSA) is 0 Å². The van der Waals surface area contributed by atoms with Gasteiger partial charge in [0.05, 0.1) is 10.0 Å². The van der Waals surface area contributed by atoms with Crippen LogP contribution in [-0.4, -0.2) is 0 Å². The highest BCUT2D eigenvalue weighted by Crippen LogP contribution is 2.31. The summed E-state index contributed by atoms with van der Waals surface area (Å²) >= 11 is 11.2. The molecule has 1 aliphatic carbocycles. The molecular weight excluding hydrogens is 251 g/mol. The molecule has 0 aromatic heterocycles. The molecule has 0 nitrogen and oxygen atoms in total. The molecule has 0 aliphatic heterocycles. The van der Waals surface area contributed by atoms with Gasteiger partial charge in [-0.2, -0.15) is 0 Å². The van der Waals surface area contributed by atoms with Crippen LogP contribution in [0.4, 0.5) is 0 Å². The van der Waals surface area contributed by atoms with Gasteiger partial charge in [-0.25, -0.2) is 0 Å². The van der Waals surface area contributed by atoms with Crippen molar-refractivity contribution >= 4 is 23.2 Å². The van der Waals surface area contributed by atoms with Crippen molar-refractivity contribution in [2.24, 2.45) is 11.3 Å². The Balaban J connectivity index is 0.000000171. The number of rotatable bonds is 0.